The highest BCUT2D eigenvalue weighted by Crippen LogP contribution is 2.43. The molecule has 2 aliphatic heterocycles. The first-order chi connectivity index (χ1) is 37.4. The molecular weight excluding hydrogens is 1010 g/mol. The summed E-state index contributed by atoms with van der Waals surface area (Å²) < 4.78 is 52.4. The molecule has 5 aromatic rings. The lowest BCUT2D eigenvalue weighted by Crippen LogP contribution is -2.47. The quantitative estimate of drug-likeness (QED) is 0.00830. The van der Waals surface area contributed by atoms with E-state index in [1.165, 1.54) is 12.1 Å². The summed E-state index contributed by atoms with van der Waals surface area (Å²) in [6.45, 7) is 15.2. The van der Waals surface area contributed by atoms with Crippen molar-refractivity contribution < 1.29 is 66.9 Å². The molecule has 0 spiro atoms. The number of fused-ring (bicyclic) bond motifs is 5. The second-order valence-corrected chi connectivity index (χ2v) is 19.6. The summed E-state index contributed by atoms with van der Waals surface area (Å²) in [6, 6.07) is 11.4. The van der Waals surface area contributed by atoms with Crippen LogP contribution in [0.1, 0.15) is 116 Å². The number of aromatic nitrogens is 4. The van der Waals surface area contributed by atoms with Gasteiger partial charge in [-0.2, -0.15) is 10.2 Å². The number of hydrogen-bond acceptors (Lipinski definition) is 19. The molecule has 22 heteroatoms. The summed E-state index contributed by atoms with van der Waals surface area (Å²) in [5.41, 5.74) is 4.65. The molecule has 2 aliphatic rings. The van der Waals surface area contributed by atoms with Gasteiger partial charge in [-0.1, -0.05) is 13.8 Å². The molecule has 0 saturated heterocycles. The van der Waals surface area contributed by atoms with Gasteiger partial charge in [0.15, 0.2) is 0 Å². The minimum atomic E-state index is -1.87. The number of nitrogens with two attached hydrogens (primary N) is 1. The predicted octanol–water partition coefficient (Wildman–Crippen LogP) is 7.24. The summed E-state index contributed by atoms with van der Waals surface area (Å²) in [4.78, 5) is 74.6. The van der Waals surface area contributed by atoms with Gasteiger partial charge in [0.25, 0.3) is 5.56 Å². The predicted molar refractivity (Wildman–Crippen MR) is 287 cm³/mol. The Morgan fingerprint density at radius 1 is 0.872 bits per heavy atom. The molecular formula is C56H69N7O15. The van der Waals surface area contributed by atoms with Crippen molar-refractivity contribution in [1.29, 1.82) is 0 Å². The molecule has 0 saturated carbocycles. The van der Waals surface area contributed by atoms with Crippen LogP contribution in [0.4, 0.5) is 4.79 Å². The van der Waals surface area contributed by atoms with Crippen LogP contribution in [0, 0.1) is 13.8 Å². The summed E-state index contributed by atoms with van der Waals surface area (Å²) in [6.07, 6.45) is 3.71. The number of esters is 2. The highest BCUT2D eigenvalue weighted by atomic mass is 16.7. The molecule has 5 heterocycles. The van der Waals surface area contributed by atoms with Crippen LogP contribution < -0.4 is 25.6 Å². The van der Waals surface area contributed by atoms with E-state index in [0.29, 0.717) is 86.4 Å². The average molecular weight is 1080 g/mol. The van der Waals surface area contributed by atoms with Gasteiger partial charge >= 0.3 is 24.1 Å². The highest BCUT2D eigenvalue weighted by Gasteiger charge is 2.50. The number of carbonyl (C=O) groups is 4. The standard InChI is InChI=1S/C56H69N7O15/c1-8-41-43-29-38(76-54(69)78-55(5,6)7)14-15-47(43)59-50-44(41)32-63-48(50)30-46-45(51(63)65)33-75-53(68)56(46,9-2)77-49(64)16-20-70-22-24-72-25-23-71-21-17-58-31-37(60-57)12-10-18-73-39-26-36(52(66)67)27-40(28-39)74-19-11-13-42-34(3)61-62-35(42)4/h14-15,26-31H,8-13,16-25,32-33,57H2,1-7H3,(H,61,62)(H,66,67). The molecule has 0 fully saturated rings. The maximum atomic E-state index is 14.2. The van der Waals surface area contributed by atoms with Gasteiger partial charge in [-0.15, -0.1) is 0 Å². The van der Waals surface area contributed by atoms with Gasteiger partial charge in [0.2, 0.25) is 5.60 Å². The number of hydrogen-bond donors (Lipinski definition) is 3. The number of cyclic esters (lactones) is 1. The van der Waals surface area contributed by atoms with E-state index in [1.54, 1.807) is 68.8 Å². The fourth-order valence-electron chi connectivity index (χ4n) is 9.21. The Hall–Kier alpha value is -7.69. The number of hydrazone groups is 1. The van der Waals surface area contributed by atoms with Gasteiger partial charge in [-0.25, -0.2) is 19.4 Å². The van der Waals surface area contributed by atoms with Gasteiger partial charge in [-0.3, -0.25) is 19.7 Å². The molecule has 0 radical (unpaired) electrons. The van der Waals surface area contributed by atoms with Crippen molar-refractivity contribution in [3.05, 3.63) is 97.6 Å². The third-order valence-electron chi connectivity index (χ3n) is 13.0. The number of pyridine rings is 2. The minimum Gasteiger partial charge on any atom is -0.493 e. The largest absolute Gasteiger partial charge is 0.514 e. The van der Waals surface area contributed by atoms with Gasteiger partial charge < -0.3 is 58.1 Å². The zero-order valence-corrected chi connectivity index (χ0v) is 45.3. The van der Waals surface area contributed by atoms with Crippen LogP contribution in [0.25, 0.3) is 22.3 Å². The zero-order chi connectivity index (χ0) is 56.0. The molecule has 7 rings (SSSR count). The second kappa shape index (κ2) is 26.6. The number of carboxylic acid groups (broad SMARTS) is 1. The average Bonchev–Trinajstić information content (AvgIpc) is 4.12. The number of benzene rings is 2. The van der Waals surface area contributed by atoms with Crippen molar-refractivity contribution in [2.75, 3.05) is 59.4 Å². The minimum absolute atomic E-state index is 0.00757. The van der Waals surface area contributed by atoms with Gasteiger partial charge in [0.1, 0.15) is 29.5 Å². The molecule has 418 valence electrons. The molecule has 4 N–H and O–H groups in total. The van der Waals surface area contributed by atoms with E-state index < -0.39 is 35.3 Å². The van der Waals surface area contributed by atoms with Crippen LogP contribution in [-0.4, -0.2) is 126 Å². The number of nitrogens with zero attached hydrogens (tertiary/aromatic N) is 5. The zero-order valence-electron chi connectivity index (χ0n) is 45.3. The number of rotatable bonds is 28. The van der Waals surface area contributed by atoms with Crippen molar-refractivity contribution in [2.45, 2.75) is 118 Å². The van der Waals surface area contributed by atoms with E-state index in [2.05, 4.69) is 20.3 Å². The molecule has 0 aliphatic carbocycles. The lowest BCUT2D eigenvalue weighted by Gasteiger charge is -2.35. The van der Waals surface area contributed by atoms with Crippen molar-refractivity contribution >= 4 is 46.9 Å². The smallest absolute Gasteiger partial charge is 0.493 e. The number of aromatic amines is 1. The topological polar surface area (TPSA) is 286 Å². The number of carboxylic acids is 1. The van der Waals surface area contributed by atoms with E-state index in [-0.39, 0.29) is 80.4 Å². The number of ether oxygens (including phenoxy) is 9. The first-order valence-corrected chi connectivity index (χ1v) is 26.1. The number of aliphatic imine (C=N–C) groups is 1. The van der Waals surface area contributed by atoms with E-state index in [0.717, 1.165) is 46.3 Å². The fourth-order valence-corrected chi connectivity index (χ4v) is 9.21. The third-order valence-corrected chi connectivity index (χ3v) is 13.0. The highest BCUT2D eigenvalue weighted by molar-refractivity contribution is 6.30. The normalized spacial score (nSPS) is 15.0. The van der Waals surface area contributed by atoms with Crippen molar-refractivity contribution in [3.63, 3.8) is 0 Å². The molecule has 2 aromatic carbocycles. The van der Waals surface area contributed by atoms with Crippen molar-refractivity contribution in [2.24, 2.45) is 15.9 Å². The number of nitrogens with one attached hydrogen (secondary N) is 1. The molecule has 3 aromatic heterocycles. The Labute approximate surface area is 451 Å². The molecule has 78 heavy (non-hydrogen) atoms. The maximum absolute atomic E-state index is 14.2. The molecule has 1 atom stereocenters. The Bertz CT molecular complexity index is 3080. The van der Waals surface area contributed by atoms with E-state index in [1.807, 2.05) is 20.8 Å². The van der Waals surface area contributed by atoms with E-state index >= 15 is 0 Å². The number of aromatic carboxylic acids is 1. The fraction of sp³-hybridized carbons (Fsp3) is 0.482. The SMILES string of the molecule is CCc1c2c(nc3ccc(OC(=O)OC(C)(C)C)cc13)-c1cc3c(c(=O)n1C2)COC(=O)C3(CC)OC(=O)CCOCCOCCOCCN=CC(CCCOc1cc(OCCCc2c(C)n[nH]c2C)cc(C(=O)O)c1)=NN. The Morgan fingerprint density at radius 3 is 2.23 bits per heavy atom. The van der Waals surface area contributed by atoms with Gasteiger partial charge in [-0.05, 0) is 121 Å². The Balaban J connectivity index is 0.795. The molecule has 1 unspecified atom stereocenters. The summed E-state index contributed by atoms with van der Waals surface area (Å²) >= 11 is 0. The van der Waals surface area contributed by atoms with Crippen molar-refractivity contribution in [3.8, 4) is 28.6 Å². The van der Waals surface area contributed by atoms with Crippen LogP contribution in [0.5, 0.6) is 17.2 Å². The lowest BCUT2D eigenvalue weighted by molar-refractivity contribution is -0.190. The first-order valence-electron chi connectivity index (χ1n) is 26.1. The second-order valence-electron chi connectivity index (χ2n) is 19.6. The van der Waals surface area contributed by atoms with Crippen LogP contribution in [0.15, 0.2) is 57.4 Å². The van der Waals surface area contributed by atoms with E-state index in [9.17, 15) is 29.1 Å². The molecule has 0 bridgehead atoms. The van der Waals surface area contributed by atoms with Crippen molar-refractivity contribution in [1.82, 2.24) is 19.7 Å². The van der Waals surface area contributed by atoms with Crippen LogP contribution in [0.3, 0.4) is 0 Å². The van der Waals surface area contributed by atoms with Crippen LogP contribution in [-0.2, 0) is 69.6 Å². The van der Waals surface area contributed by atoms with Gasteiger partial charge in [0.05, 0.1) is 112 Å². The summed E-state index contributed by atoms with van der Waals surface area (Å²) in [7, 11) is 0. The monoisotopic (exact) mass is 1080 g/mol. The van der Waals surface area contributed by atoms with E-state index in [4.69, 9.17) is 53.5 Å². The maximum Gasteiger partial charge on any atom is 0.514 e. The van der Waals surface area contributed by atoms with Crippen LogP contribution >= 0.6 is 0 Å². The number of H-pyrrole nitrogens is 1. The van der Waals surface area contributed by atoms with Gasteiger partial charge in [0, 0.05) is 34.5 Å². The molecule has 0 amide bonds. The van der Waals surface area contributed by atoms with Crippen LogP contribution in [0.2, 0.25) is 0 Å². The summed E-state index contributed by atoms with van der Waals surface area (Å²) in [5.74, 6) is 4.10. The number of aryl methyl sites for hydroxylation is 3. The third kappa shape index (κ3) is 14.5. The lowest BCUT2D eigenvalue weighted by atomic mass is 9.85. The Morgan fingerprint density at radius 2 is 1.58 bits per heavy atom. The number of carbonyl (C=O) groups excluding carboxylic acids is 3. The Kier molecular flexibility index (Phi) is 19.8. The molecule has 22 nitrogen and oxygen atoms in total. The summed E-state index contributed by atoms with van der Waals surface area (Å²) in [5, 5.41) is 21.4. The first kappa shape index (κ1) is 58.0.